The number of hydrogen-bond acceptors (Lipinski definition) is 14. The summed E-state index contributed by atoms with van der Waals surface area (Å²) in [5, 5.41) is 3.76. The highest BCUT2D eigenvalue weighted by molar-refractivity contribution is 5.40. The molecule has 0 saturated carbocycles. The second-order valence-electron chi connectivity index (χ2n) is 19.1. The van der Waals surface area contributed by atoms with Gasteiger partial charge in [-0.2, -0.15) is 9.97 Å². The fourth-order valence-electron chi connectivity index (χ4n) is 9.19. The van der Waals surface area contributed by atoms with E-state index in [0.717, 1.165) is 95.7 Å². The Kier molecular flexibility index (Phi) is 16.2. The first-order valence-corrected chi connectivity index (χ1v) is 21.7. The quantitative estimate of drug-likeness (QED) is 0.138. The van der Waals surface area contributed by atoms with Crippen LogP contribution in [0.15, 0.2) is 12.7 Å². The third kappa shape index (κ3) is 11.4. The van der Waals surface area contributed by atoms with E-state index in [1.807, 2.05) is 0 Å². The monoisotopic (exact) mass is 781 g/mol. The van der Waals surface area contributed by atoms with Gasteiger partial charge in [-0.3, -0.25) is 9.80 Å². The zero-order chi connectivity index (χ0) is 41.3. The zero-order valence-corrected chi connectivity index (χ0v) is 37.5. The maximum Gasteiger partial charge on any atom is 0.230 e. The van der Waals surface area contributed by atoms with Crippen LogP contribution >= 0.6 is 0 Å². The van der Waals surface area contributed by atoms with Crippen LogP contribution in [0, 0.1) is 0 Å². The van der Waals surface area contributed by atoms with E-state index in [1.165, 1.54) is 0 Å². The first-order chi connectivity index (χ1) is 26.4. The van der Waals surface area contributed by atoms with Crippen LogP contribution in [-0.2, 0) is 0 Å². The molecule has 2 aliphatic rings. The van der Waals surface area contributed by atoms with E-state index in [0.29, 0.717) is 50.0 Å². The van der Waals surface area contributed by atoms with Gasteiger partial charge in [0.15, 0.2) is 5.82 Å². The molecule has 14 heteroatoms. The number of unbranched alkanes of at least 4 members (excludes halogenated alkanes) is 2. The topological polar surface area (TPSA) is 158 Å². The maximum atomic E-state index is 6.14. The Hall–Kier alpha value is -2.78. The lowest BCUT2D eigenvalue weighted by atomic mass is 9.77. The molecule has 0 radical (unpaired) electrons. The molecule has 0 amide bonds. The lowest BCUT2D eigenvalue weighted by Crippen LogP contribution is -2.63. The Labute approximate surface area is 340 Å². The highest BCUT2D eigenvalue weighted by atomic mass is 15.4. The molecule has 1 unspecified atom stereocenters. The van der Waals surface area contributed by atoms with Crippen molar-refractivity contribution in [3.63, 3.8) is 0 Å². The molecule has 0 aliphatic carbocycles. The fraction of sp³-hybridized carbons (Fsp3) is 0.857. The Morgan fingerprint density at radius 2 is 1.09 bits per heavy atom. The summed E-state index contributed by atoms with van der Waals surface area (Å²) in [4.78, 5) is 42.1. The van der Waals surface area contributed by atoms with Gasteiger partial charge in [0.1, 0.15) is 12.7 Å². The van der Waals surface area contributed by atoms with E-state index in [9.17, 15) is 0 Å². The molecule has 0 aromatic carbocycles. The van der Waals surface area contributed by atoms with E-state index >= 15 is 0 Å². The van der Waals surface area contributed by atoms with Gasteiger partial charge < -0.3 is 31.5 Å². The van der Waals surface area contributed by atoms with Gasteiger partial charge in [0.25, 0.3) is 0 Å². The molecule has 2 fully saturated rings. The summed E-state index contributed by atoms with van der Waals surface area (Å²) in [7, 11) is 4.52. The second kappa shape index (κ2) is 19.8. The van der Waals surface area contributed by atoms with Gasteiger partial charge in [-0.1, -0.05) is 26.7 Å². The van der Waals surface area contributed by atoms with E-state index in [-0.39, 0.29) is 28.2 Å². The highest BCUT2D eigenvalue weighted by Crippen LogP contribution is 2.41. The molecule has 56 heavy (non-hydrogen) atoms. The SMILES string of the molecule is CCCCN(c1ncnc(C(CN(CCCN)c2ncnc(N(CCCC)C3CC(C)(C)N(C)C(C)(C)C3)n2)NCCCN)n1)C1CC(C)(C)N(C)C(C)(C)C1. The number of anilines is 3. The molecular formula is C42H80N14. The minimum absolute atomic E-state index is 0.0393. The van der Waals surface area contributed by atoms with Gasteiger partial charge >= 0.3 is 0 Å². The number of likely N-dealkylation sites (tertiary alicyclic amines) is 2. The van der Waals surface area contributed by atoms with Crippen molar-refractivity contribution >= 4 is 17.8 Å². The molecule has 0 bridgehead atoms. The summed E-state index contributed by atoms with van der Waals surface area (Å²) < 4.78 is 0. The number of nitrogens with one attached hydrogen (secondary N) is 1. The Morgan fingerprint density at radius 1 is 0.643 bits per heavy atom. The Balaban J connectivity index is 1.70. The average Bonchev–Trinajstić information content (AvgIpc) is 3.14. The minimum atomic E-state index is -0.216. The first kappa shape index (κ1) is 45.9. The number of piperidine rings is 2. The average molecular weight is 781 g/mol. The first-order valence-electron chi connectivity index (χ1n) is 21.7. The number of rotatable bonds is 21. The normalized spacial score (nSPS) is 20.5. The standard InChI is InChI=1S/C42H80N14/c1-13-15-23-55(32-25-39(3,4)52(11)40(5,6)26-32)37-48-30-46-35(50-37)34(45-21-17-19-43)29-54(22-18-20-44)36-47-31-49-38(51-36)56(24-16-14-2)33-27-41(7,8)53(12)42(9,10)28-33/h30-34,45H,13-29,43-44H2,1-12H3. The molecule has 0 spiro atoms. The molecule has 5 N–H and O–H groups in total. The van der Waals surface area contributed by atoms with Crippen molar-refractivity contribution in [2.24, 2.45) is 11.5 Å². The van der Waals surface area contributed by atoms with Crippen molar-refractivity contribution in [3.05, 3.63) is 18.5 Å². The number of hydrogen-bond donors (Lipinski definition) is 3. The molecule has 2 aliphatic heterocycles. The van der Waals surface area contributed by atoms with Gasteiger partial charge in [-0.05, 0) is 140 Å². The molecule has 4 rings (SSSR count). The lowest BCUT2D eigenvalue weighted by Gasteiger charge is -2.55. The van der Waals surface area contributed by atoms with E-state index in [2.05, 4.69) is 113 Å². The molecular weight excluding hydrogens is 701 g/mol. The predicted octanol–water partition coefficient (Wildman–Crippen LogP) is 5.41. The third-order valence-corrected chi connectivity index (χ3v) is 13.0. The van der Waals surface area contributed by atoms with Crippen LogP contribution in [0.1, 0.15) is 145 Å². The molecule has 2 saturated heterocycles. The van der Waals surface area contributed by atoms with Gasteiger partial charge in [-0.25, -0.2) is 19.9 Å². The van der Waals surface area contributed by atoms with Crippen LogP contribution in [0.2, 0.25) is 0 Å². The number of nitrogens with two attached hydrogens (primary N) is 2. The zero-order valence-electron chi connectivity index (χ0n) is 37.5. The van der Waals surface area contributed by atoms with E-state index < -0.39 is 0 Å². The number of aromatic nitrogens is 6. The van der Waals surface area contributed by atoms with Crippen molar-refractivity contribution in [2.45, 2.75) is 174 Å². The lowest BCUT2D eigenvalue weighted by molar-refractivity contribution is -0.0132. The summed E-state index contributed by atoms with van der Waals surface area (Å²) >= 11 is 0. The summed E-state index contributed by atoms with van der Waals surface area (Å²) in [6, 6.07) is 0.398. The third-order valence-electron chi connectivity index (χ3n) is 13.0. The summed E-state index contributed by atoms with van der Waals surface area (Å²) in [6.45, 7) is 28.3. The van der Waals surface area contributed by atoms with Gasteiger partial charge in [0.05, 0.1) is 6.04 Å². The highest BCUT2D eigenvalue weighted by Gasteiger charge is 2.46. The molecule has 2 aromatic heterocycles. The van der Waals surface area contributed by atoms with Crippen LogP contribution in [0.4, 0.5) is 17.8 Å². The van der Waals surface area contributed by atoms with Crippen molar-refractivity contribution in [1.82, 2.24) is 45.0 Å². The van der Waals surface area contributed by atoms with Crippen LogP contribution < -0.4 is 31.5 Å². The smallest absolute Gasteiger partial charge is 0.230 e. The van der Waals surface area contributed by atoms with Crippen LogP contribution in [0.5, 0.6) is 0 Å². The van der Waals surface area contributed by atoms with Crippen molar-refractivity contribution in [1.29, 1.82) is 0 Å². The molecule has 2 aromatic rings. The maximum absolute atomic E-state index is 6.14. The van der Waals surface area contributed by atoms with Crippen LogP contribution in [0.3, 0.4) is 0 Å². The van der Waals surface area contributed by atoms with Crippen molar-refractivity contribution in [2.75, 3.05) is 74.6 Å². The molecule has 4 heterocycles. The molecule has 1 atom stereocenters. The largest absolute Gasteiger partial charge is 0.339 e. The summed E-state index contributed by atoms with van der Waals surface area (Å²) in [5.74, 6) is 2.86. The minimum Gasteiger partial charge on any atom is -0.339 e. The van der Waals surface area contributed by atoms with E-state index in [1.54, 1.807) is 12.7 Å². The molecule has 14 nitrogen and oxygen atoms in total. The van der Waals surface area contributed by atoms with Gasteiger partial charge in [0.2, 0.25) is 17.8 Å². The van der Waals surface area contributed by atoms with Gasteiger partial charge in [0, 0.05) is 60.4 Å². The summed E-state index contributed by atoms with van der Waals surface area (Å²) in [5.41, 5.74) is 12.3. The second-order valence-corrected chi connectivity index (χ2v) is 19.1. The van der Waals surface area contributed by atoms with E-state index in [4.69, 9.17) is 41.4 Å². The van der Waals surface area contributed by atoms with Gasteiger partial charge in [-0.15, -0.1) is 0 Å². The number of nitrogens with zero attached hydrogens (tertiary/aromatic N) is 11. The Bertz CT molecular complexity index is 1440. The Morgan fingerprint density at radius 3 is 1.55 bits per heavy atom. The van der Waals surface area contributed by atoms with Crippen LogP contribution in [0.25, 0.3) is 0 Å². The molecule has 318 valence electrons. The van der Waals surface area contributed by atoms with Crippen LogP contribution in [-0.4, -0.2) is 134 Å². The fourth-order valence-corrected chi connectivity index (χ4v) is 9.19. The summed E-state index contributed by atoms with van der Waals surface area (Å²) in [6.07, 6.45) is 13.5. The predicted molar refractivity (Wildman–Crippen MR) is 232 cm³/mol. The van der Waals surface area contributed by atoms with Crippen molar-refractivity contribution in [3.8, 4) is 0 Å². The van der Waals surface area contributed by atoms with Crippen molar-refractivity contribution < 1.29 is 0 Å².